The van der Waals surface area contributed by atoms with E-state index < -0.39 is 10.0 Å². The van der Waals surface area contributed by atoms with Crippen molar-refractivity contribution in [3.8, 4) is 6.07 Å². The maximum Gasteiger partial charge on any atom is 0.244 e. The molecular weight excluding hydrogens is 398 g/mol. The first-order valence-corrected chi connectivity index (χ1v) is 11.9. The van der Waals surface area contributed by atoms with Gasteiger partial charge in [0, 0.05) is 52.0 Å². The first-order chi connectivity index (χ1) is 14.6. The molecule has 0 bridgehead atoms. The summed E-state index contributed by atoms with van der Waals surface area (Å²) < 4.78 is 27.1. The van der Waals surface area contributed by atoms with Gasteiger partial charge in [0.2, 0.25) is 10.0 Å². The Morgan fingerprint density at radius 2 is 1.60 bits per heavy atom. The van der Waals surface area contributed by atoms with Crippen LogP contribution in [0.5, 0.6) is 0 Å². The number of sulfonamides is 1. The molecule has 2 aliphatic rings. The zero-order valence-corrected chi connectivity index (χ0v) is 17.9. The van der Waals surface area contributed by atoms with Crippen LogP contribution in [0.3, 0.4) is 0 Å². The van der Waals surface area contributed by atoms with Crippen molar-refractivity contribution in [2.75, 3.05) is 44.2 Å². The molecule has 1 aromatic heterocycles. The second-order valence-corrected chi connectivity index (χ2v) is 9.83. The topological polar surface area (TPSA) is 80.5 Å². The van der Waals surface area contributed by atoms with Gasteiger partial charge in [-0.05, 0) is 42.7 Å². The molecule has 0 radical (unpaired) electrons. The minimum atomic E-state index is -3.43. The smallest absolute Gasteiger partial charge is 0.244 e. The number of benzene rings is 1. The van der Waals surface area contributed by atoms with E-state index in [0.29, 0.717) is 18.7 Å². The number of rotatable bonds is 5. The third-order valence-corrected chi connectivity index (χ3v) is 7.74. The van der Waals surface area contributed by atoms with Crippen molar-refractivity contribution in [1.29, 1.82) is 5.26 Å². The quantitative estimate of drug-likeness (QED) is 0.732. The van der Waals surface area contributed by atoms with Crippen LogP contribution in [0.25, 0.3) is 0 Å². The van der Waals surface area contributed by atoms with Gasteiger partial charge in [0.25, 0.3) is 0 Å². The molecule has 0 saturated carbocycles. The molecule has 0 N–H and O–H groups in total. The van der Waals surface area contributed by atoms with Gasteiger partial charge in [0.1, 0.15) is 10.7 Å². The lowest BCUT2D eigenvalue weighted by molar-refractivity contribution is 0.249. The largest absolute Gasteiger partial charge is 0.354 e. The molecule has 4 rings (SSSR count). The Balaban J connectivity index is 1.34. The van der Waals surface area contributed by atoms with E-state index in [1.54, 1.807) is 10.4 Å². The molecule has 7 nitrogen and oxygen atoms in total. The predicted octanol–water partition coefficient (Wildman–Crippen LogP) is 2.45. The second kappa shape index (κ2) is 9.13. The maximum atomic E-state index is 12.8. The molecular formula is C22H27N5O2S. The monoisotopic (exact) mass is 425 g/mol. The van der Waals surface area contributed by atoms with Crippen molar-refractivity contribution < 1.29 is 8.42 Å². The Morgan fingerprint density at radius 1 is 0.900 bits per heavy atom. The summed E-state index contributed by atoms with van der Waals surface area (Å²) in [5.41, 5.74) is 1.88. The van der Waals surface area contributed by atoms with Crippen molar-refractivity contribution >= 4 is 15.8 Å². The van der Waals surface area contributed by atoms with Gasteiger partial charge in [0.05, 0.1) is 11.6 Å². The maximum absolute atomic E-state index is 12.8. The lowest BCUT2D eigenvalue weighted by atomic mass is 10.1. The van der Waals surface area contributed by atoms with Crippen LogP contribution in [0.15, 0.2) is 47.5 Å². The molecule has 3 heterocycles. The molecule has 2 aromatic rings. The minimum absolute atomic E-state index is 0.285. The van der Waals surface area contributed by atoms with Crippen molar-refractivity contribution in [3.63, 3.8) is 0 Å². The Kier molecular flexibility index (Phi) is 6.32. The number of hydrogen-bond donors (Lipinski definition) is 0. The number of aromatic nitrogens is 1. The third kappa shape index (κ3) is 4.64. The summed E-state index contributed by atoms with van der Waals surface area (Å²) in [7, 11) is -3.43. The van der Waals surface area contributed by atoms with E-state index in [9.17, 15) is 8.42 Å². The SMILES string of the molecule is N#Cc1ccc(CN2CCN(c3ccc(S(=O)(=O)N4CCCCC4)cn3)CC2)cc1. The Hall–Kier alpha value is -2.47. The highest BCUT2D eigenvalue weighted by Crippen LogP contribution is 2.22. The van der Waals surface area contributed by atoms with Crippen LogP contribution < -0.4 is 4.90 Å². The van der Waals surface area contributed by atoms with E-state index in [2.05, 4.69) is 20.9 Å². The zero-order valence-electron chi connectivity index (χ0n) is 17.1. The van der Waals surface area contributed by atoms with Gasteiger partial charge in [-0.3, -0.25) is 4.90 Å². The van der Waals surface area contributed by atoms with Gasteiger partial charge in [0.15, 0.2) is 0 Å². The van der Waals surface area contributed by atoms with E-state index >= 15 is 0 Å². The highest BCUT2D eigenvalue weighted by molar-refractivity contribution is 7.89. The van der Waals surface area contributed by atoms with Crippen molar-refractivity contribution in [3.05, 3.63) is 53.7 Å². The molecule has 0 amide bonds. The fourth-order valence-electron chi connectivity index (χ4n) is 4.04. The summed E-state index contributed by atoms with van der Waals surface area (Å²) in [4.78, 5) is 9.33. The number of anilines is 1. The molecule has 2 fully saturated rings. The molecule has 0 unspecified atom stereocenters. The fourth-order valence-corrected chi connectivity index (χ4v) is 5.51. The normalized spacial score (nSPS) is 18.8. The molecule has 158 valence electrons. The van der Waals surface area contributed by atoms with Crippen LogP contribution >= 0.6 is 0 Å². The number of nitriles is 1. The van der Waals surface area contributed by atoms with Crippen molar-refractivity contribution in [1.82, 2.24) is 14.2 Å². The van der Waals surface area contributed by atoms with Crippen LogP contribution in [-0.4, -0.2) is 61.9 Å². The minimum Gasteiger partial charge on any atom is -0.354 e. The number of hydrogen-bond acceptors (Lipinski definition) is 6. The number of nitrogens with zero attached hydrogens (tertiary/aromatic N) is 5. The molecule has 2 saturated heterocycles. The molecule has 0 spiro atoms. The lowest BCUT2D eigenvalue weighted by Crippen LogP contribution is -2.46. The van der Waals surface area contributed by atoms with Crippen LogP contribution in [-0.2, 0) is 16.6 Å². The first kappa shape index (κ1) is 20.8. The molecule has 2 aliphatic heterocycles. The average Bonchev–Trinajstić information content (AvgIpc) is 2.81. The first-order valence-electron chi connectivity index (χ1n) is 10.5. The second-order valence-electron chi connectivity index (χ2n) is 7.89. The van der Waals surface area contributed by atoms with E-state index in [0.717, 1.165) is 57.8 Å². The third-order valence-electron chi connectivity index (χ3n) is 5.86. The highest BCUT2D eigenvalue weighted by Gasteiger charge is 2.26. The molecule has 0 atom stereocenters. The molecule has 0 aliphatic carbocycles. The van der Waals surface area contributed by atoms with E-state index in [1.807, 2.05) is 30.3 Å². The Bertz CT molecular complexity index is 985. The van der Waals surface area contributed by atoms with E-state index in [1.165, 1.54) is 11.8 Å². The van der Waals surface area contributed by atoms with Gasteiger partial charge >= 0.3 is 0 Å². The number of piperazine rings is 1. The van der Waals surface area contributed by atoms with E-state index in [4.69, 9.17) is 5.26 Å². The van der Waals surface area contributed by atoms with Gasteiger partial charge in [-0.25, -0.2) is 13.4 Å². The van der Waals surface area contributed by atoms with Crippen molar-refractivity contribution in [2.45, 2.75) is 30.7 Å². The summed E-state index contributed by atoms with van der Waals surface area (Å²) >= 11 is 0. The van der Waals surface area contributed by atoms with Crippen LogP contribution in [0, 0.1) is 11.3 Å². The van der Waals surface area contributed by atoms with Gasteiger partial charge < -0.3 is 4.90 Å². The summed E-state index contributed by atoms with van der Waals surface area (Å²) in [5.74, 6) is 0.825. The molecule has 30 heavy (non-hydrogen) atoms. The summed E-state index contributed by atoms with van der Waals surface area (Å²) in [5, 5.41) is 8.91. The Labute approximate surface area is 178 Å². The van der Waals surface area contributed by atoms with Gasteiger partial charge in [-0.2, -0.15) is 9.57 Å². The van der Waals surface area contributed by atoms with Crippen molar-refractivity contribution in [2.24, 2.45) is 0 Å². The Morgan fingerprint density at radius 3 is 2.20 bits per heavy atom. The van der Waals surface area contributed by atoms with Gasteiger partial charge in [-0.15, -0.1) is 0 Å². The molecule has 1 aromatic carbocycles. The number of piperidine rings is 1. The molecule has 8 heteroatoms. The summed E-state index contributed by atoms with van der Waals surface area (Å²) in [6.45, 7) is 5.59. The average molecular weight is 426 g/mol. The highest BCUT2D eigenvalue weighted by atomic mass is 32.2. The van der Waals surface area contributed by atoms with Gasteiger partial charge in [-0.1, -0.05) is 18.6 Å². The van der Waals surface area contributed by atoms with Crippen LogP contribution in [0.4, 0.5) is 5.82 Å². The zero-order chi connectivity index (χ0) is 21.0. The standard InChI is InChI=1S/C22H27N5O2S/c23-16-19-4-6-20(7-5-19)18-25-12-14-26(15-13-25)22-9-8-21(17-24-22)30(28,29)27-10-2-1-3-11-27/h4-9,17H,1-3,10-15,18H2. The van der Waals surface area contributed by atoms with Crippen LogP contribution in [0.2, 0.25) is 0 Å². The van der Waals surface area contributed by atoms with E-state index in [-0.39, 0.29) is 4.90 Å². The summed E-state index contributed by atoms with van der Waals surface area (Å²) in [6.07, 6.45) is 4.46. The fraction of sp³-hybridized carbons (Fsp3) is 0.455. The van der Waals surface area contributed by atoms with Crippen LogP contribution in [0.1, 0.15) is 30.4 Å². The summed E-state index contributed by atoms with van der Waals surface area (Å²) in [6, 6.07) is 13.4. The predicted molar refractivity (Wildman–Crippen MR) is 115 cm³/mol. The number of pyridine rings is 1. The lowest BCUT2D eigenvalue weighted by Gasteiger charge is -2.35.